The van der Waals surface area contributed by atoms with Gasteiger partial charge in [0.25, 0.3) is 0 Å². The van der Waals surface area contributed by atoms with Crippen molar-refractivity contribution in [1.29, 1.82) is 0 Å². The minimum absolute atomic E-state index is 0.0359. The Balaban J connectivity index is 1.58. The predicted molar refractivity (Wildman–Crippen MR) is 83.4 cm³/mol. The maximum Gasteiger partial charge on any atom is 0.165 e. The zero-order chi connectivity index (χ0) is 15.7. The van der Waals surface area contributed by atoms with Crippen molar-refractivity contribution in [3.05, 3.63) is 53.2 Å². The van der Waals surface area contributed by atoms with E-state index in [1.54, 1.807) is 6.07 Å². The summed E-state index contributed by atoms with van der Waals surface area (Å²) in [6, 6.07) is 9.17. The van der Waals surface area contributed by atoms with Gasteiger partial charge in [0.2, 0.25) is 0 Å². The van der Waals surface area contributed by atoms with Crippen molar-refractivity contribution in [2.24, 2.45) is 5.92 Å². The van der Waals surface area contributed by atoms with Gasteiger partial charge < -0.3 is 14.5 Å². The first-order valence-corrected chi connectivity index (χ1v) is 7.74. The van der Waals surface area contributed by atoms with Crippen LogP contribution in [-0.2, 0) is 6.54 Å². The monoisotopic (exact) mass is 303 g/mol. The zero-order valence-electron chi connectivity index (χ0n) is 13.2. The van der Waals surface area contributed by atoms with Crippen LogP contribution in [0.3, 0.4) is 0 Å². The summed E-state index contributed by atoms with van der Waals surface area (Å²) >= 11 is 0. The third-order valence-electron chi connectivity index (χ3n) is 4.42. The van der Waals surface area contributed by atoms with Crippen molar-refractivity contribution in [1.82, 2.24) is 5.32 Å². The summed E-state index contributed by atoms with van der Waals surface area (Å²) < 4.78 is 24.5. The lowest BCUT2D eigenvalue weighted by Crippen LogP contribution is -2.17. The average molecular weight is 303 g/mol. The van der Waals surface area contributed by atoms with Gasteiger partial charge in [0.15, 0.2) is 11.6 Å². The standard InChI is InChI=1S/C18H22FNO2/c1-11-8-15(11)17-7-5-14(22-17)10-20-12(2)13-4-6-18(21-3)16(19)9-13/h4-7,9,11-12,15,20H,8,10H2,1-3H3. The van der Waals surface area contributed by atoms with Gasteiger partial charge in [-0.15, -0.1) is 0 Å². The third-order valence-corrected chi connectivity index (χ3v) is 4.42. The fourth-order valence-electron chi connectivity index (χ4n) is 2.73. The van der Waals surface area contributed by atoms with E-state index < -0.39 is 0 Å². The van der Waals surface area contributed by atoms with Crippen molar-refractivity contribution < 1.29 is 13.5 Å². The number of nitrogens with one attached hydrogen (secondary N) is 1. The summed E-state index contributed by atoms with van der Waals surface area (Å²) in [4.78, 5) is 0. The molecular weight excluding hydrogens is 281 g/mol. The Morgan fingerprint density at radius 3 is 2.77 bits per heavy atom. The molecule has 1 heterocycles. The van der Waals surface area contributed by atoms with Crippen molar-refractivity contribution >= 4 is 0 Å². The summed E-state index contributed by atoms with van der Waals surface area (Å²) in [6.45, 7) is 4.88. The normalized spacial score (nSPS) is 21.6. The van der Waals surface area contributed by atoms with E-state index in [-0.39, 0.29) is 17.6 Å². The maximum atomic E-state index is 13.7. The largest absolute Gasteiger partial charge is 0.494 e. The molecule has 3 nitrogen and oxygen atoms in total. The molecule has 0 bridgehead atoms. The fourth-order valence-corrected chi connectivity index (χ4v) is 2.73. The molecule has 0 radical (unpaired) electrons. The van der Waals surface area contributed by atoms with Crippen LogP contribution >= 0.6 is 0 Å². The number of hydrogen-bond acceptors (Lipinski definition) is 3. The number of ether oxygens (including phenoxy) is 1. The molecule has 1 aromatic carbocycles. The molecule has 0 amide bonds. The van der Waals surface area contributed by atoms with Gasteiger partial charge in [-0.25, -0.2) is 4.39 Å². The molecule has 1 aromatic heterocycles. The molecule has 3 unspecified atom stereocenters. The number of benzene rings is 1. The zero-order valence-corrected chi connectivity index (χ0v) is 13.2. The Morgan fingerprint density at radius 2 is 2.14 bits per heavy atom. The first-order valence-electron chi connectivity index (χ1n) is 7.74. The predicted octanol–water partition coefficient (Wildman–Crippen LogP) is 4.40. The van der Waals surface area contributed by atoms with Gasteiger partial charge in [-0.3, -0.25) is 0 Å². The second-order valence-electron chi connectivity index (χ2n) is 6.12. The number of furan rings is 1. The van der Waals surface area contributed by atoms with Crippen LogP contribution in [0.5, 0.6) is 5.75 Å². The van der Waals surface area contributed by atoms with E-state index in [1.807, 2.05) is 19.1 Å². The van der Waals surface area contributed by atoms with Crippen LogP contribution in [0, 0.1) is 11.7 Å². The molecule has 3 rings (SSSR count). The number of rotatable bonds is 6. The van der Waals surface area contributed by atoms with E-state index >= 15 is 0 Å². The van der Waals surface area contributed by atoms with E-state index in [4.69, 9.17) is 9.15 Å². The summed E-state index contributed by atoms with van der Waals surface area (Å²) in [5, 5.41) is 3.36. The first kappa shape index (κ1) is 15.1. The molecule has 22 heavy (non-hydrogen) atoms. The molecule has 0 aliphatic heterocycles. The van der Waals surface area contributed by atoms with Crippen LogP contribution in [0.4, 0.5) is 4.39 Å². The van der Waals surface area contributed by atoms with Crippen LogP contribution in [0.25, 0.3) is 0 Å². The highest BCUT2D eigenvalue weighted by atomic mass is 19.1. The Bertz CT molecular complexity index is 652. The van der Waals surface area contributed by atoms with Gasteiger partial charge in [-0.1, -0.05) is 13.0 Å². The van der Waals surface area contributed by atoms with Gasteiger partial charge >= 0.3 is 0 Å². The molecule has 2 aromatic rings. The van der Waals surface area contributed by atoms with Crippen LogP contribution in [0.1, 0.15) is 49.3 Å². The lowest BCUT2D eigenvalue weighted by molar-refractivity contribution is 0.385. The number of halogens is 1. The molecular formula is C18H22FNO2. The summed E-state index contributed by atoms with van der Waals surface area (Å²) in [5.74, 6) is 3.29. The molecule has 1 aliphatic rings. The highest BCUT2D eigenvalue weighted by Gasteiger charge is 2.36. The topological polar surface area (TPSA) is 34.4 Å². The van der Waals surface area contributed by atoms with E-state index in [2.05, 4.69) is 18.3 Å². The smallest absolute Gasteiger partial charge is 0.165 e. The summed E-state index contributed by atoms with van der Waals surface area (Å²) in [6.07, 6.45) is 1.22. The summed E-state index contributed by atoms with van der Waals surface area (Å²) in [7, 11) is 1.47. The molecule has 0 spiro atoms. The van der Waals surface area contributed by atoms with Crippen LogP contribution < -0.4 is 10.1 Å². The van der Waals surface area contributed by atoms with Crippen LogP contribution in [0.2, 0.25) is 0 Å². The van der Waals surface area contributed by atoms with Gasteiger partial charge in [0.1, 0.15) is 11.5 Å². The van der Waals surface area contributed by atoms with Gasteiger partial charge in [-0.05, 0) is 49.1 Å². The number of methoxy groups -OCH3 is 1. The SMILES string of the molecule is COc1ccc(C(C)NCc2ccc(C3CC3C)o2)cc1F. The average Bonchev–Trinajstić information content (AvgIpc) is 3.06. The quantitative estimate of drug-likeness (QED) is 0.859. The second kappa shape index (κ2) is 6.13. The maximum absolute atomic E-state index is 13.7. The van der Waals surface area contributed by atoms with E-state index in [0.717, 1.165) is 23.0 Å². The van der Waals surface area contributed by atoms with Gasteiger partial charge in [0.05, 0.1) is 13.7 Å². The fraction of sp³-hybridized carbons (Fsp3) is 0.444. The minimum Gasteiger partial charge on any atom is -0.494 e. The van der Waals surface area contributed by atoms with E-state index in [1.165, 1.54) is 19.6 Å². The molecule has 1 N–H and O–H groups in total. The third kappa shape index (κ3) is 3.17. The van der Waals surface area contributed by atoms with Crippen LogP contribution in [0.15, 0.2) is 34.7 Å². The first-order chi connectivity index (χ1) is 10.6. The van der Waals surface area contributed by atoms with E-state index in [0.29, 0.717) is 12.5 Å². The van der Waals surface area contributed by atoms with Crippen molar-refractivity contribution in [2.45, 2.75) is 38.8 Å². The lowest BCUT2D eigenvalue weighted by atomic mass is 10.1. The number of hydrogen-bond donors (Lipinski definition) is 1. The van der Waals surface area contributed by atoms with Gasteiger partial charge in [0, 0.05) is 12.0 Å². The molecule has 4 heteroatoms. The lowest BCUT2D eigenvalue weighted by Gasteiger charge is -2.14. The second-order valence-corrected chi connectivity index (χ2v) is 6.12. The van der Waals surface area contributed by atoms with Crippen molar-refractivity contribution in [2.75, 3.05) is 7.11 Å². The Labute approximate surface area is 130 Å². The molecule has 1 fully saturated rings. The molecule has 3 atom stereocenters. The Morgan fingerprint density at radius 1 is 1.36 bits per heavy atom. The van der Waals surface area contributed by atoms with Gasteiger partial charge in [-0.2, -0.15) is 0 Å². The van der Waals surface area contributed by atoms with Crippen LogP contribution in [-0.4, -0.2) is 7.11 Å². The van der Waals surface area contributed by atoms with Crippen molar-refractivity contribution in [3.63, 3.8) is 0 Å². The summed E-state index contributed by atoms with van der Waals surface area (Å²) in [5.41, 5.74) is 0.890. The Kier molecular flexibility index (Phi) is 4.21. The van der Waals surface area contributed by atoms with E-state index in [9.17, 15) is 4.39 Å². The Hall–Kier alpha value is -1.81. The molecule has 1 saturated carbocycles. The molecule has 118 valence electrons. The highest BCUT2D eigenvalue weighted by Crippen LogP contribution is 2.47. The van der Waals surface area contributed by atoms with Crippen molar-refractivity contribution in [3.8, 4) is 5.75 Å². The minimum atomic E-state index is -0.336. The molecule has 0 saturated heterocycles. The highest BCUT2D eigenvalue weighted by molar-refractivity contribution is 5.30. The molecule has 1 aliphatic carbocycles.